The number of nitrogens with zero attached hydrogens (tertiary/aromatic N) is 5. The highest BCUT2D eigenvalue weighted by molar-refractivity contribution is 5.74. The standard InChI is InChI=1S/C39H34N6O/c1-2-7-27(8-3-1)39-44-31-13-14-35-36(37(31)46-39)30-11-4-5-12-34(30)45(35)29-10-6-9-28(23-29)33-24-32(25-15-19-40-20-16-25)42-38(43-33)26-17-21-41-22-18-26/h1-4,6-11,13-17,19-24,26,30-31,34,37,39,44H,5,12,18H2. The predicted octanol–water partition coefficient (Wildman–Crippen LogP) is 7.31. The van der Waals surface area contributed by atoms with E-state index in [-0.39, 0.29) is 24.3 Å². The minimum Gasteiger partial charge on any atom is -0.349 e. The molecule has 7 nitrogen and oxygen atoms in total. The number of benzene rings is 2. The third kappa shape index (κ3) is 4.75. The smallest absolute Gasteiger partial charge is 0.136 e. The second-order valence-electron chi connectivity index (χ2n) is 12.5. The highest BCUT2D eigenvalue weighted by Gasteiger charge is 2.49. The average Bonchev–Trinajstić information content (AvgIpc) is 3.72. The first-order chi connectivity index (χ1) is 22.8. The lowest BCUT2D eigenvalue weighted by molar-refractivity contribution is 0.0532. The third-order valence-electron chi connectivity index (χ3n) is 9.80. The van der Waals surface area contributed by atoms with Crippen molar-refractivity contribution in [1.29, 1.82) is 0 Å². The van der Waals surface area contributed by atoms with Crippen LogP contribution in [0.2, 0.25) is 0 Å². The lowest BCUT2D eigenvalue weighted by Crippen LogP contribution is -2.35. The van der Waals surface area contributed by atoms with Gasteiger partial charge in [-0.1, -0.05) is 66.8 Å². The number of aliphatic imine (C=N–C) groups is 1. The van der Waals surface area contributed by atoms with Crippen molar-refractivity contribution in [2.45, 2.75) is 49.6 Å². The van der Waals surface area contributed by atoms with Gasteiger partial charge in [0.2, 0.25) is 0 Å². The highest BCUT2D eigenvalue weighted by Crippen LogP contribution is 2.49. The maximum absolute atomic E-state index is 6.80. The normalized spacial score (nSPS) is 27.5. The Labute approximate surface area is 268 Å². The summed E-state index contributed by atoms with van der Waals surface area (Å²) in [4.78, 5) is 21.2. The lowest BCUT2D eigenvalue weighted by Gasteiger charge is -2.33. The molecule has 5 heterocycles. The van der Waals surface area contributed by atoms with Gasteiger partial charge in [-0.25, -0.2) is 9.97 Å². The second kappa shape index (κ2) is 11.4. The minimum atomic E-state index is -0.122. The van der Waals surface area contributed by atoms with Crippen LogP contribution in [0, 0.1) is 5.92 Å². The molecule has 0 amide bonds. The van der Waals surface area contributed by atoms with E-state index in [1.165, 1.54) is 17.0 Å². The molecule has 4 aromatic rings. The van der Waals surface area contributed by atoms with Gasteiger partial charge in [0.25, 0.3) is 0 Å². The van der Waals surface area contributed by atoms with Gasteiger partial charge in [0.05, 0.1) is 17.4 Å². The Balaban J connectivity index is 1.11. The van der Waals surface area contributed by atoms with E-state index >= 15 is 0 Å². The third-order valence-corrected chi connectivity index (χ3v) is 9.80. The van der Waals surface area contributed by atoms with Gasteiger partial charge in [-0.2, -0.15) is 0 Å². The van der Waals surface area contributed by atoms with Crippen LogP contribution in [0.4, 0.5) is 5.69 Å². The molecule has 9 rings (SSSR count). The Kier molecular flexibility index (Phi) is 6.79. The number of allylic oxidation sites excluding steroid dienone is 3. The van der Waals surface area contributed by atoms with Gasteiger partial charge in [-0.05, 0) is 66.8 Å². The minimum absolute atomic E-state index is 0.00642. The summed E-state index contributed by atoms with van der Waals surface area (Å²) >= 11 is 0. The van der Waals surface area contributed by atoms with Crippen LogP contribution in [-0.4, -0.2) is 39.4 Å². The number of ether oxygens (including phenoxy) is 1. The molecule has 0 spiro atoms. The van der Waals surface area contributed by atoms with Crippen molar-refractivity contribution in [3.63, 3.8) is 0 Å². The summed E-state index contributed by atoms with van der Waals surface area (Å²) < 4.78 is 6.80. The number of hydrogen-bond acceptors (Lipinski definition) is 7. The molecule has 0 saturated carbocycles. The maximum Gasteiger partial charge on any atom is 0.136 e. The molecule has 6 atom stereocenters. The van der Waals surface area contributed by atoms with Gasteiger partial charge in [-0.3, -0.25) is 15.3 Å². The molecular formula is C39H34N6O. The molecule has 226 valence electrons. The van der Waals surface area contributed by atoms with Crippen molar-refractivity contribution >= 4 is 11.9 Å². The summed E-state index contributed by atoms with van der Waals surface area (Å²) in [7, 11) is 0. The lowest BCUT2D eigenvalue weighted by atomic mass is 9.82. The molecule has 1 N–H and O–H groups in total. The van der Waals surface area contributed by atoms with Crippen LogP contribution in [0.3, 0.4) is 0 Å². The summed E-state index contributed by atoms with van der Waals surface area (Å²) in [6.45, 7) is 0. The molecule has 2 aromatic carbocycles. The van der Waals surface area contributed by atoms with Crippen LogP contribution in [0.1, 0.15) is 42.8 Å². The molecule has 0 bridgehead atoms. The van der Waals surface area contributed by atoms with E-state index in [2.05, 4.69) is 111 Å². The van der Waals surface area contributed by atoms with Crippen LogP contribution in [0.25, 0.3) is 22.5 Å². The molecule has 6 unspecified atom stereocenters. The fourth-order valence-corrected chi connectivity index (χ4v) is 7.63. The van der Waals surface area contributed by atoms with Crippen molar-refractivity contribution in [2.75, 3.05) is 4.90 Å². The molecule has 2 aromatic heterocycles. The van der Waals surface area contributed by atoms with E-state index in [0.29, 0.717) is 12.0 Å². The number of nitrogens with one attached hydrogen (secondary N) is 1. The van der Waals surface area contributed by atoms with Crippen molar-refractivity contribution in [2.24, 2.45) is 10.9 Å². The number of aromatic nitrogens is 3. The predicted molar refractivity (Wildman–Crippen MR) is 181 cm³/mol. The van der Waals surface area contributed by atoms with E-state index < -0.39 is 0 Å². The second-order valence-corrected chi connectivity index (χ2v) is 12.5. The molecule has 1 fully saturated rings. The van der Waals surface area contributed by atoms with Crippen LogP contribution >= 0.6 is 0 Å². The van der Waals surface area contributed by atoms with Crippen LogP contribution < -0.4 is 10.2 Å². The molecule has 5 aliphatic rings. The van der Waals surface area contributed by atoms with Crippen LogP contribution in [0.15, 0.2) is 138 Å². The van der Waals surface area contributed by atoms with Crippen molar-refractivity contribution in [3.05, 3.63) is 144 Å². The fraction of sp³-hybridized carbons (Fsp3) is 0.231. The molecule has 0 radical (unpaired) electrons. The molecule has 7 heteroatoms. The van der Waals surface area contributed by atoms with E-state index in [4.69, 9.17) is 14.7 Å². The van der Waals surface area contributed by atoms with Crippen molar-refractivity contribution in [3.8, 4) is 22.5 Å². The molecule has 1 saturated heterocycles. The van der Waals surface area contributed by atoms with Crippen LogP contribution in [-0.2, 0) is 4.74 Å². The van der Waals surface area contributed by atoms with Crippen molar-refractivity contribution in [1.82, 2.24) is 20.3 Å². The van der Waals surface area contributed by atoms with E-state index in [0.717, 1.165) is 53.2 Å². The van der Waals surface area contributed by atoms with Gasteiger partial charge in [0.1, 0.15) is 18.2 Å². The Hall–Kier alpha value is -4.98. The SMILES string of the molecule is C1=CC2C3=C(C=CC4NC(c5ccccc5)OC34)N(c3cccc(-c4cc(-c5ccncc5)nc(C5C=CN=CC5)n4)c3)C2CC1. The Morgan fingerprint density at radius 3 is 2.57 bits per heavy atom. The first-order valence-corrected chi connectivity index (χ1v) is 16.2. The molecular weight excluding hydrogens is 568 g/mol. The Bertz CT molecular complexity index is 1930. The summed E-state index contributed by atoms with van der Waals surface area (Å²) in [6, 6.07) is 25.9. The van der Waals surface area contributed by atoms with Crippen LogP contribution in [0.5, 0.6) is 0 Å². The van der Waals surface area contributed by atoms with Gasteiger partial charge < -0.3 is 9.64 Å². The van der Waals surface area contributed by atoms with Gasteiger partial charge >= 0.3 is 0 Å². The van der Waals surface area contributed by atoms with E-state index in [9.17, 15) is 0 Å². The van der Waals surface area contributed by atoms with Gasteiger partial charge in [0.15, 0.2) is 0 Å². The first kappa shape index (κ1) is 27.3. The van der Waals surface area contributed by atoms with E-state index in [1.807, 2.05) is 36.9 Å². The largest absolute Gasteiger partial charge is 0.349 e. The molecule has 3 aliphatic heterocycles. The fourth-order valence-electron chi connectivity index (χ4n) is 7.63. The average molecular weight is 603 g/mol. The van der Waals surface area contributed by atoms with Gasteiger partial charge in [-0.15, -0.1) is 0 Å². The zero-order valence-corrected chi connectivity index (χ0v) is 25.4. The zero-order valence-electron chi connectivity index (χ0n) is 25.4. The zero-order chi connectivity index (χ0) is 30.5. The van der Waals surface area contributed by atoms with Gasteiger partial charge in [0, 0.05) is 65.2 Å². The monoisotopic (exact) mass is 602 g/mol. The summed E-state index contributed by atoms with van der Waals surface area (Å²) in [6.07, 6.45) is 21.7. The molecule has 2 aliphatic carbocycles. The summed E-state index contributed by atoms with van der Waals surface area (Å²) in [5, 5.41) is 3.74. The maximum atomic E-state index is 6.80. The first-order valence-electron chi connectivity index (χ1n) is 16.2. The quantitative estimate of drug-likeness (QED) is 0.242. The van der Waals surface area contributed by atoms with E-state index in [1.54, 1.807) is 0 Å². The highest BCUT2D eigenvalue weighted by atomic mass is 16.5. The number of hydrogen-bond donors (Lipinski definition) is 1. The number of fused-ring (bicyclic) bond motifs is 4. The Morgan fingerprint density at radius 1 is 0.848 bits per heavy atom. The molecule has 46 heavy (non-hydrogen) atoms. The van der Waals surface area contributed by atoms with Crippen molar-refractivity contribution < 1.29 is 4.74 Å². The summed E-state index contributed by atoms with van der Waals surface area (Å²) in [5.74, 6) is 1.20. The number of anilines is 1. The topological polar surface area (TPSA) is 75.5 Å². The number of rotatable bonds is 5. The number of pyridine rings is 1. The summed E-state index contributed by atoms with van der Waals surface area (Å²) in [5.41, 5.74) is 8.90. The Morgan fingerprint density at radius 2 is 1.72 bits per heavy atom.